The predicted octanol–water partition coefficient (Wildman–Crippen LogP) is 2.84. The van der Waals surface area contributed by atoms with E-state index in [-0.39, 0.29) is 24.1 Å². The van der Waals surface area contributed by atoms with Gasteiger partial charge in [0.2, 0.25) is 0 Å². The van der Waals surface area contributed by atoms with Crippen LogP contribution in [0.25, 0.3) is 0 Å². The number of aliphatic hydroxyl groups is 1. The van der Waals surface area contributed by atoms with E-state index in [4.69, 9.17) is 9.15 Å². The van der Waals surface area contributed by atoms with Crippen LogP contribution in [-0.2, 0) is 6.61 Å². The van der Waals surface area contributed by atoms with E-state index in [9.17, 15) is 14.3 Å². The maximum atomic E-state index is 12.8. The van der Waals surface area contributed by atoms with E-state index in [0.29, 0.717) is 24.5 Å². The molecule has 0 bridgehead atoms. The first-order chi connectivity index (χ1) is 11.0. The van der Waals surface area contributed by atoms with Gasteiger partial charge in [-0.05, 0) is 49.7 Å². The van der Waals surface area contributed by atoms with Crippen LogP contribution in [0.2, 0.25) is 0 Å². The Morgan fingerprint density at radius 3 is 2.65 bits per heavy atom. The number of halogens is 1. The Hall–Kier alpha value is -2.34. The predicted molar refractivity (Wildman–Crippen MR) is 82.7 cm³/mol. The average molecular weight is 321 g/mol. The largest absolute Gasteiger partial charge is 0.486 e. The molecule has 2 rings (SSSR count). The monoisotopic (exact) mass is 321 g/mol. The quantitative estimate of drug-likeness (QED) is 0.852. The number of carbonyl (C=O) groups excluding carboxylic acids is 1. The fourth-order valence-corrected chi connectivity index (χ4v) is 1.93. The Balaban J connectivity index is 1.89. The third-order valence-corrected chi connectivity index (χ3v) is 3.30. The molecule has 6 heteroatoms. The van der Waals surface area contributed by atoms with E-state index >= 15 is 0 Å². The van der Waals surface area contributed by atoms with Gasteiger partial charge < -0.3 is 19.2 Å². The van der Waals surface area contributed by atoms with Crippen molar-refractivity contribution in [2.24, 2.45) is 0 Å². The van der Waals surface area contributed by atoms with Crippen LogP contribution in [0.5, 0.6) is 5.75 Å². The zero-order chi connectivity index (χ0) is 16.8. The first-order valence-corrected chi connectivity index (χ1v) is 7.36. The van der Waals surface area contributed by atoms with Gasteiger partial charge in [0.25, 0.3) is 5.91 Å². The summed E-state index contributed by atoms with van der Waals surface area (Å²) < 4.78 is 23.7. The molecule has 0 saturated heterocycles. The number of hydrogen-bond donors (Lipinski definition) is 1. The topological polar surface area (TPSA) is 62.9 Å². The molecule has 1 N–H and O–H groups in total. The number of ether oxygens (including phenoxy) is 1. The lowest BCUT2D eigenvalue weighted by Crippen LogP contribution is -2.29. The summed E-state index contributed by atoms with van der Waals surface area (Å²) >= 11 is 0. The van der Waals surface area contributed by atoms with Crippen LogP contribution in [0.15, 0.2) is 40.8 Å². The van der Waals surface area contributed by atoms with E-state index in [2.05, 4.69) is 0 Å². The minimum absolute atomic E-state index is 0.149. The van der Waals surface area contributed by atoms with Gasteiger partial charge in [0.15, 0.2) is 5.76 Å². The summed E-state index contributed by atoms with van der Waals surface area (Å²) in [5.74, 6) is 0.657. The smallest absolute Gasteiger partial charge is 0.289 e. The van der Waals surface area contributed by atoms with Crippen LogP contribution >= 0.6 is 0 Å². The molecule has 1 heterocycles. The molecule has 1 aromatic carbocycles. The Kier molecular flexibility index (Phi) is 5.76. The normalized spacial score (nSPS) is 12.0. The molecule has 1 unspecified atom stereocenters. The van der Waals surface area contributed by atoms with Crippen LogP contribution in [0.1, 0.15) is 29.7 Å². The van der Waals surface area contributed by atoms with Gasteiger partial charge in [0, 0.05) is 13.6 Å². The number of benzene rings is 1. The zero-order valence-corrected chi connectivity index (χ0v) is 13.2. The molecule has 0 spiro atoms. The van der Waals surface area contributed by atoms with Crippen molar-refractivity contribution in [3.63, 3.8) is 0 Å². The zero-order valence-electron chi connectivity index (χ0n) is 13.2. The Morgan fingerprint density at radius 1 is 1.30 bits per heavy atom. The van der Waals surface area contributed by atoms with Crippen LogP contribution in [0, 0.1) is 5.82 Å². The van der Waals surface area contributed by atoms with E-state index in [1.165, 1.54) is 29.2 Å². The maximum Gasteiger partial charge on any atom is 0.289 e. The minimum atomic E-state index is -0.457. The standard InChI is InChI=1S/C17H20FNO4/c1-12(20)9-10-19(2)17(21)16-8-7-15(23-16)11-22-14-5-3-13(18)4-6-14/h3-8,12,20H,9-11H2,1-2H3. The van der Waals surface area contributed by atoms with E-state index in [1.54, 1.807) is 26.1 Å². The average Bonchev–Trinajstić information content (AvgIpc) is 3.00. The summed E-state index contributed by atoms with van der Waals surface area (Å²) in [6.07, 6.45) is 0.0465. The van der Waals surface area contributed by atoms with Gasteiger partial charge in [-0.25, -0.2) is 4.39 Å². The summed E-state index contributed by atoms with van der Waals surface area (Å²) in [5.41, 5.74) is 0. The third-order valence-electron chi connectivity index (χ3n) is 3.30. The minimum Gasteiger partial charge on any atom is -0.486 e. The van der Waals surface area contributed by atoms with Crippen molar-refractivity contribution in [2.75, 3.05) is 13.6 Å². The molecule has 1 aromatic heterocycles. The van der Waals surface area contributed by atoms with Crippen molar-refractivity contribution in [1.29, 1.82) is 0 Å². The Bertz CT molecular complexity index is 636. The van der Waals surface area contributed by atoms with Gasteiger partial charge in [-0.3, -0.25) is 4.79 Å². The highest BCUT2D eigenvalue weighted by atomic mass is 19.1. The molecular weight excluding hydrogens is 301 g/mol. The van der Waals surface area contributed by atoms with E-state index in [1.807, 2.05) is 0 Å². The second kappa shape index (κ2) is 7.78. The van der Waals surface area contributed by atoms with Gasteiger partial charge in [0.05, 0.1) is 6.10 Å². The Labute approximate surface area is 134 Å². The summed E-state index contributed by atoms with van der Waals surface area (Å²) in [6.45, 7) is 2.27. The summed E-state index contributed by atoms with van der Waals surface area (Å²) in [4.78, 5) is 13.6. The molecule has 5 nitrogen and oxygen atoms in total. The van der Waals surface area contributed by atoms with Crippen molar-refractivity contribution in [3.8, 4) is 5.75 Å². The Morgan fingerprint density at radius 2 is 2.00 bits per heavy atom. The van der Waals surface area contributed by atoms with Gasteiger partial charge in [0.1, 0.15) is 23.9 Å². The lowest BCUT2D eigenvalue weighted by molar-refractivity contribution is 0.0734. The maximum absolute atomic E-state index is 12.8. The van der Waals surface area contributed by atoms with Crippen molar-refractivity contribution in [2.45, 2.75) is 26.1 Å². The molecule has 1 amide bonds. The number of carbonyl (C=O) groups is 1. The van der Waals surface area contributed by atoms with Gasteiger partial charge >= 0.3 is 0 Å². The second-order valence-corrected chi connectivity index (χ2v) is 5.37. The van der Waals surface area contributed by atoms with Crippen LogP contribution in [-0.4, -0.2) is 35.6 Å². The number of rotatable bonds is 7. The van der Waals surface area contributed by atoms with Crippen molar-refractivity contribution in [1.82, 2.24) is 4.90 Å². The highest BCUT2D eigenvalue weighted by molar-refractivity contribution is 5.91. The summed E-state index contributed by atoms with van der Waals surface area (Å²) in [5, 5.41) is 9.25. The van der Waals surface area contributed by atoms with E-state index in [0.717, 1.165) is 0 Å². The summed E-state index contributed by atoms with van der Waals surface area (Å²) in [6, 6.07) is 8.92. The van der Waals surface area contributed by atoms with Crippen molar-refractivity contribution in [3.05, 3.63) is 53.7 Å². The molecule has 0 aliphatic heterocycles. The highest BCUT2D eigenvalue weighted by Crippen LogP contribution is 2.16. The van der Waals surface area contributed by atoms with Crippen molar-refractivity contribution < 1.29 is 23.4 Å². The molecule has 0 aliphatic carbocycles. The van der Waals surface area contributed by atoms with Crippen LogP contribution < -0.4 is 4.74 Å². The number of hydrogen-bond acceptors (Lipinski definition) is 4. The van der Waals surface area contributed by atoms with E-state index < -0.39 is 6.10 Å². The number of nitrogens with zero attached hydrogens (tertiary/aromatic N) is 1. The molecule has 124 valence electrons. The van der Waals surface area contributed by atoms with Gasteiger partial charge in [-0.2, -0.15) is 0 Å². The fourth-order valence-electron chi connectivity index (χ4n) is 1.93. The molecule has 0 radical (unpaired) electrons. The first kappa shape index (κ1) is 17.0. The molecule has 0 saturated carbocycles. The second-order valence-electron chi connectivity index (χ2n) is 5.37. The first-order valence-electron chi connectivity index (χ1n) is 7.36. The number of furan rings is 1. The number of aliphatic hydroxyl groups excluding tert-OH is 1. The highest BCUT2D eigenvalue weighted by Gasteiger charge is 2.16. The molecule has 0 fully saturated rings. The molecule has 0 aliphatic rings. The lowest BCUT2D eigenvalue weighted by atomic mass is 10.2. The molecular formula is C17H20FNO4. The van der Waals surface area contributed by atoms with Gasteiger partial charge in [-0.1, -0.05) is 0 Å². The molecule has 23 heavy (non-hydrogen) atoms. The molecule has 1 atom stereocenters. The summed E-state index contributed by atoms with van der Waals surface area (Å²) in [7, 11) is 1.65. The van der Waals surface area contributed by atoms with Crippen LogP contribution in [0.4, 0.5) is 4.39 Å². The van der Waals surface area contributed by atoms with Crippen LogP contribution in [0.3, 0.4) is 0 Å². The lowest BCUT2D eigenvalue weighted by Gasteiger charge is -2.16. The van der Waals surface area contributed by atoms with Gasteiger partial charge in [-0.15, -0.1) is 0 Å². The SMILES string of the molecule is CC(O)CCN(C)C(=O)c1ccc(COc2ccc(F)cc2)o1. The number of amides is 1. The van der Waals surface area contributed by atoms with Crippen molar-refractivity contribution >= 4 is 5.91 Å². The molecule has 2 aromatic rings. The third kappa shape index (κ3) is 5.10. The fraction of sp³-hybridized carbons (Fsp3) is 0.353.